The van der Waals surface area contributed by atoms with Crippen LogP contribution in [-0.2, 0) is 4.74 Å². The predicted molar refractivity (Wildman–Crippen MR) is 62.0 cm³/mol. The van der Waals surface area contributed by atoms with Gasteiger partial charge in [0.25, 0.3) is 0 Å². The molecule has 0 radical (unpaired) electrons. The normalized spacial score (nSPS) is 10.3. The number of ether oxygens (including phenoxy) is 2. The van der Waals surface area contributed by atoms with Crippen LogP contribution in [0.25, 0.3) is 0 Å². The second-order valence-corrected chi connectivity index (χ2v) is 3.44. The summed E-state index contributed by atoms with van der Waals surface area (Å²) in [5, 5.41) is 2.90. The van der Waals surface area contributed by atoms with Gasteiger partial charge in [-0.3, -0.25) is 4.79 Å². The summed E-state index contributed by atoms with van der Waals surface area (Å²) in [7, 11) is 2.97. The molecular formula is C12H16FNO3. The number of hydrogen-bond acceptors (Lipinski definition) is 4. The minimum absolute atomic E-state index is 0.133. The quantitative estimate of drug-likeness (QED) is 0.576. The Labute approximate surface area is 99.7 Å². The van der Waals surface area contributed by atoms with Crippen molar-refractivity contribution in [1.82, 2.24) is 5.32 Å². The Morgan fingerprint density at radius 1 is 1.41 bits per heavy atom. The molecule has 0 aromatic heterocycles. The third kappa shape index (κ3) is 4.13. The van der Waals surface area contributed by atoms with Gasteiger partial charge in [0.2, 0.25) is 0 Å². The van der Waals surface area contributed by atoms with Crippen LogP contribution in [-0.4, -0.2) is 39.7 Å². The Morgan fingerprint density at radius 2 is 2.18 bits per heavy atom. The fraction of sp³-hybridized carbons (Fsp3) is 0.417. The summed E-state index contributed by atoms with van der Waals surface area (Å²) in [6.07, 6.45) is 0. The summed E-state index contributed by atoms with van der Waals surface area (Å²) in [5.41, 5.74) is 0.327. The van der Waals surface area contributed by atoms with Crippen molar-refractivity contribution < 1.29 is 18.7 Å². The Bertz CT molecular complexity index is 382. The first-order valence-corrected chi connectivity index (χ1v) is 5.25. The monoisotopic (exact) mass is 241 g/mol. The molecule has 5 heteroatoms. The van der Waals surface area contributed by atoms with Crippen molar-refractivity contribution in [3.05, 3.63) is 29.6 Å². The first-order chi connectivity index (χ1) is 8.19. The minimum Gasteiger partial charge on any atom is -0.494 e. The average Bonchev–Trinajstić information content (AvgIpc) is 2.34. The van der Waals surface area contributed by atoms with E-state index < -0.39 is 5.82 Å². The van der Waals surface area contributed by atoms with Gasteiger partial charge in [0.05, 0.1) is 20.3 Å². The maximum absolute atomic E-state index is 13.3. The molecule has 0 aliphatic carbocycles. The molecule has 0 unspecified atom stereocenters. The highest BCUT2D eigenvalue weighted by molar-refractivity contribution is 5.97. The number of methoxy groups -OCH3 is 2. The molecule has 0 amide bonds. The van der Waals surface area contributed by atoms with Crippen molar-refractivity contribution in [3.8, 4) is 5.75 Å². The molecule has 0 bridgehead atoms. The van der Waals surface area contributed by atoms with Crippen molar-refractivity contribution in [3.63, 3.8) is 0 Å². The lowest BCUT2D eigenvalue weighted by molar-refractivity contribution is 0.0987. The maximum Gasteiger partial charge on any atom is 0.176 e. The fourth-order valence-corrected chi connectivity index (χ4v) is 1.32. The van der Waals surface area contributed by atoms with E-state index in [9.17, 15) is 9.18 Å². The number of benzene rings is 1. The summed E-state index contributed by atoms with van der Waals surface area (Å²) < 4.78 is 22.9. The fourth-order valence-electron chi connectivity index (χ4n) is 1.32. The van der Waals surface area contributed by atoms with Crippen LogP contribution in [0, 0.1) is 5.82 Å². The molecule has 0 heterocycles. The van der Waals surface area contributed by atoms with E-state index in [4.69, 9.17) is 9.47 Å². The lowest BCUT2D eigenvalue weighted by atomic mass is 10.1. The first-order valence-electron chi connectivity index (χ1n) is 5.25. The van der Waals surface area contributed by atoms with E-state index in [0.29, 0.717) is 18.7 Å². The molecule has 1 aromatic carbocycles. The van der Waals surface area contributed by atoms with Crippen LogP contribution in [0.15, 0.2) is 18.2 Å². The zero-order valence-electron chi connectivity index (χ0n) is 9.96. The van der Waals surface area contributed by atoms with Gasteiger partial charge in [0.1, 0.15) is 0 Å². The van der Waals surface area contributed by atoms with E-state index in [0.717, 1.165) is 0 Å². The highest BCUT2D eigenvalue weighted by Crippen LogP contribution is 2.17. The Morgan fingerprint density at radius 3 is 2.76 bits per heavy atom. The number of halogens is 1. The van der Waals surface area contributed by atoms with Crippen molar-refractivity contribution in [1.29, 1.82) is 0 Å². The summed E-state index contributed by atoms with van der Waals surface area (Å²) in [5.74, 6) is -0.563. The lowest BCUT2D eigenvalue weighted by Crippen LogP contribution is -2.26. The van der Waals surface area contributed by atoms with Crippen molar-refractivity contribution in [2.75, 3.05) is 33.9 Å². The van der Waals surface area contributed by atoms with Gasteiger partial charge in [-0.15, -0.1) is 0 Å². The van der Waals surface area contributed by atoms with E-state index in [2.05, 4.69) is 5.32 Å². The van der Waals surface area contributed by atoms with Gasteiger partial charge in [-0.05, 0) is 18.2 Å². The van der Waals surface area contributed by atoms with Gasteiger partial charge in [0, 0.05) is 19.2 Å². The molecule has 0 saturated heterocycles. The number of Topliss-reactive ketones (excluding diaryl/α,β-unsaturated/α-hetero) is 1. The van der Waals surface area contributed by atoms with Crippen LogP contribution in [0.2, 0.25) is 0 Å². The molecule has 1 N–H and O–H groups in total. The van der Waals surface area contributed by atoms with Crippen molar-refractivity contribution in [2.45, 2.75) is 0 Å². The third-order valence-corrected chi connectivity index (χ3v) is 2.24. The number of hydrogen-bond donors (Lipinski definition) is 1. The Balaban J connectivity index is 2.54. The average molecular weight is 241 g/mol. The lowest BCUT2D eigenvalue weighted by Gasteiger charge is -2.05. The van der Waals surface area contributed by atoms with E-state index in [1.807, 2.05) is 0 Å². The molecule has 0 aliphatic heterocycles. The van der Waals surface area contributed by atoms with Gasteiger partial charge in [-0.1, -0.05) is 0 Å². The molecule has 0 saturated carbocycles. The molecule has 0 atom stereocenters. The van der Waals surface area contributed by atoms with Crippen molar-refractivity contribution in [2.24, 2.45) is 0 Å². The number of carbonyl (C=O) groups is 1. The number of carbonyl (C=O) groups excluding carboxylic acids is 1. The number of ketones is 1. The topological polar surface area (TPSA) is 47.6 Å². The molecular weight excluding hydrogens is 225 g/mol. The second kappa shape index (κ2) is 6.98. The van der Waals surface area contributed by atoms with Crippen LogP contribution < -0.4 is 10.1 Å². The molecule has 17 heavy (non-hydrogen) atoms. The smallest absolute Gasteiger partial charge is 0.176 e. The van der Waals surface area contributed by atoms with E-state index in [-0.39, 0.29) is 18.1 Å². The number of rotatable bonds is 7. The molecule has 0 aliphatic rings. The van der Waals surface area contributed by atoms with E-state index >= 15 is 0 Å². The standard InChI is InChI=1S/C12H16FNO3/c1-16-6-5-14-8-11(15)9-3-4-12(17-2)10(13)7-9/h3-4,7,14H,5-6,8H2,1-2H3. The van der Waals surface area contributed by atoms with Crippen LogP contribution in [0.4, 0.5) is 4.39 Å². The van der Waals surface area contributed by atoms with Gasteiger partial charge in [-0.2, -0.15) is 0 Å². The molecule has 4 nitrogen and oxygen atoms in total. The van der Waals surface area contributed by atoms with Crippen LogP contribution in [0.5, 0.6) is 5.75 Å². The number of nitrogens with one attached hydrogen (secondary N) is 1. The molecule has 94 valence electrons. The third-order valence-electron chi connectivity index (χ3n) is 2.24. The summed E-state index contributed by atoms with van der Waals surface area (Å²) in [6.45, 7) is 1.28. The zero-order chi connectivity index (χ0) is 12.7. The maximum atomic E-state index is 13.3. The molecule has 1 rings (SSSR count). The summed E-state index contributed by atoms with van der Waals surface area (Å²) in [4.78, 5) is 11.6. The predicted octanol–water partition coefficient (Wildman–Crippen LogP) is 1.25. The van der Waals surface area contributed by atoms with Gasteiger partial charge >= 0.3 is 0 Å². The molecule has 0 spiro atoms. The Hall–Kier alpha value is -1.46. The largest absolute Gasteiger partial charge is 0.494 e. The summed E-state index contributed by atoms with van der Waals surface area (Å²) in [6, 6.07) is 4.17. The van der Waals surface area contributed by atoms with Gasteiger partial charge in [0.15, 0.2) is 17.3 Å². The van der Waals surface area contributed by atoms with Gasteiger partial charge < -0.3 is 14.8 Å². The highest BCUT2D eigenvalue weighted by Gasteiger charge is 2.09. The van der Waals surface area contributed by atoms with Crippen molar-refractivity contribution >= 4 is 5.78 Å². The Kier molecular flexibility index (Phi) is 5.59. The molecule has 0 fully saturated rings. The SMILES string of the molecule is COCCNCC(=O)c1ccc(OC)c(F)c1. The van der Waals surface area contributed by atoms with E-state index in [1.165, 1.54) is 19.2 Å². The summed E-state index contributed by atoms with van der Waals surface area (Å²) >= 11 is 0. The van der Waals surface area contributed by atoms with Crippen LogP contribution in [0.1, 0.15) is 10.4 Å². The van der Waals surface area contributed by atoms with Gasteiger partial charge in [-0.25, -0.2) is 4.39 Å². The first kappa shape index (κ1) is 13.6. The van der Waals surface area contributed by atoms with Crippen LogP contribution >= 0.6 is 0 Å². The zero-order valence-corrected chi connectivity index (χ0v) is 9.96. The second-order valence-electron chi connectivity index (χ2n) is 3.44. The minimum atomic E-state index is -0.532. The highest BCUT2D eigenvalue weighted by atomic mass is 19.1. The molecule has 1 aromatic rings. The van der Waals surface area contributed by atoms with Crippen LogP contribution in [0.3, 0.4) is 0 Å². The van der Waals surface area contributed by atoms with E-state index in [1.54, 1.807) is 13.2 Å².